The Labute approximate surface area is 122 Å². The summed E-state index contributed by atoms with van der Waals surface area (Å²) in [6, 6.07) is 4.13. The lowest BCUT2D eigenvalue weighted by Gasteiger charge is -2.41. The van der Waals surface area contributed by atoms with Crippen LogP contribution in [0.15, 0.2) is 24.4 Å². The first-order chi connectivity index (χ1) is 9.95. The van der Waals surface area contributed by atoms with Crippen LogP contribution in [-0.2, 0) is 10.7 Å². The summed E-state index contributed by atoms with van der Waals surface area (Å²) < 4.78 is 28.4. The molecule has 2 rings (SSSR count). The monoisotopic (exact) mass is 298 g/mol. The lowest BCUT2D eigenvalue weighted by Crippen LogP contribution is -2.49. The van der Waals surface area contributed by atoms with Crippen LogP contribution in [0.5, 0.6) is 0 Å². The maximum absolute atomic E-state index is 14.2. The Hall–Kier alpha value is -1.56. The van der Waals surface area contributed by atoms with Crippen LogP contribution in [0.4, 0.5) is 8.78 Å². The van der Waals surface area contributed by atoms with Gasteiger partial charge in [0, 0.05) is 25.9 Å². The zero-order chi connectivity index (χ0) is 15.5. The van der Waals surface area contributed by atoms with Crippen LogP contribution in [0.25, 0.3) is 0 Å². The molecule has 0 unspecified atom stereocenters. The summed E-state index contributed by atoms with van der Waals surface area (Å²) in [4.78, 5) is 16.8. The fourth-order valence-corrected chi connectivity index (χ4v) is 2.66. The molecule has 1 saturated heterocycles. The van der Waals surface area contributed by atoms with Crippen molar-refractivity contribution in [1.29, 1.82) is 0 Å². The van der Waals surface area contributed by atoms with Gasteiger partial charge in [-0.25, -0.2) is 0 Å². The number of amides is 1. The molecule has 1 N–H and O–H groups in total. The summed E-state index contributed by atoms with van der Waals surface area (Å²) in [6.07, 6.45) is 3.12. The third-order valence-corrected chi connectivity index (χ3v) is 4.45. The quantitative estimate of drug-likeness (QED) is 0.927. The zero-order valence-corrected chi connectivity index (χ0v) is 12.1. The van der Waals surface area contributed by atoms with Crippen molar-refractivity contribution in [3.05, 3.63) is 30.1 Å². The first-order valence-corrected chi connectivity index (χ1v) is 7.15. The SMILES string of the molecule is CCC1(CO)CCN(C(=O)C(F)(F)c2ccccn2)CC1. The second-order valence-corrected chi connectivity index (χ2v) is 5.59. The number of aromatic nitrogens is 1. The Morgan fingerprint density at radius 2 is 2.10 bits per heavy atom. The van der Waals surface area contributed by atoms with Gasteiger partial charge in [0.1, 0.15) is 5.69 Å². The van der Waals surface area contributed by atoms with E-state index < -0.39 is 17.5 Å². The largest absolute Gasteiger partial charge is 0.396 e. The second-order valence-electron chi connectivity index (χ2n) is 5.59. The molecule has 0 atom stereocenters. The number of nitrogens with zero attached hydrogens (tertiary/aromatic N) is 2. The van der Waals surface area contributed by atoms with Gasteiger partial charge in [0.25, 0.3) is 5.91 Å². The number of hydrogen-bond donors (Lipinski definition) is 1. The minimum absolute atomic E-state index is 0.0299. The fourth-order valence-electron chi connectivity index (χ4n) is 2.66. The van der Waals surface area contributed by atoms with E-state index in [0.717, 1.165) is 12.5 Å². The lowest BCUT2D eigenvalue weighted by atomic mass is 9.77. The number of alkyl halides is 2. The number of pyridine rings is 1. The van der Waals surface area contributed by atoms with Crippen molar-refractivity contribution in [1.82, 2.24) is 9.88 Å². The van der Waals surface area contributed by atoms with Crippen LogP contribution >= 0.6 is 0 Å². The Balaban J connectivity index is 2.08. The van der Waals surface area contributed by atoms with Crippen molar-refractivity contribution in [2.45, 2.75) is 32.1 Å². The molecule has 1 amide bonds. The van der Waals surface area contributed by atoms with E-state index >= 15 is 0 Å². The van der Waals surface area contributed by atoms with E-state index in [1.165, 1.54) is 23.2 Å². The third kappa shape index (κ3) is 3.05. The number of hydrogen-bond acceptors (Lipinski definition) is 3. The van der Waals surface area contributed by atoms with Crippen molar-refractivity contribution >= 4 is 5.91 Å². The highest BCUT2D eigenvalue weighted by Crippen LogP contribution is 2.36. The molecule has 0 spiro atoms. The van der Waals surface area contributed by atoms with E-state index in [4.69, 9.17) is 0 Å². The fraction of sp³-hybridized carbons (Fsp3) is 0.600. The van der Waals surface area contributed by atoms with Crippen molar-refractivity contribution in [3.63, 3.8) is 0 Å². The zero-order valence-electron chi connectivity index (χ0n) is 12.1. The van der Waals surface area contributed by atoms with Gasteiger partial charge in [-0.2, -0.15) is 8.78 Å². The molecule has 4 nitrogen and oxygen atoms in total. The van der Waals surface area contributed by atoms with E-state index in [1.54, 1.807) is 0 Å². The number of piperidine rings is 1. The molecule has 0 radical (unpaired) electrons. The number of likely N-dealkylation sites (tertiary alicyclic amines) is 1. The predicted molar refractivity (Wildman–Crippen MR) is 73.8 cm³/mol. The summed E-state index contributed by atoms with van der Waals surface area (Å²) in [5.74, 6) is -4.81. The highest BCUT2D eigenvalue weighted by Gasteiger charge is 2.47. The van der Waals surface area contributed by atoms with Gasteiger partial charge in [0.05, 0.1) is 0 Å². The summed E-state index contributed by atoms with van der Waals surface area (Å²) in [6.45, 7) is 2.49. The third-order valence-electron chi connectivity index (χ3n) is 4.45. The molecule has 0 aromatic carbocycles. The van der Waals surface area contributed by atoms with Gasteiger partial charge >= 0.3 is 5.92 Å². The van der Waals surface area contributed by atoms with E-state index in [0.29, 0.717) is 12.8 Å². The highest BCUT2D eigenvalue weighted by molar-refractivity contribution is 5.84. The normalized spacial score (nSPS) is 18.6. The number of aliphatic hydroxyl groups excluding tert-OH is 1. The maximum atomic E-state index is 14.2. The average molecular weight is 298 g/mol. The Kier molecular flexibility index (Phi) is 4.56. The van der Waals surface area contributed by atoms with Crippen molar-refractivity contribution in [2.24, 2.45) is 5.41 Å². The molecule has 21 heavy (non-hydrogen) atoms. The summed E-state index contributed by atoms with van der Waals surface area (Å²) in [5.41, 5.74) is -0.763. The summed E-state index contributed by atoms with van der Waals surface area (Å²) >= 11 is 0. The van der Waals surface area contributed by atoms with E-state index in [1.807, 2.05) is 6.92 Å². The molecule has 1 aromatic heterocycles. The molecular weight excluding hydrogens is 278 g/mol. The van der Waals surface area contributed by atoms with Crippen molar-refractivity contribution < 1.29 is 18.7 Å². The number of rotatable bonds is 4. The standard InChI is InChI=1S/C15H20F2N2O2/c1-2-14(11-20)6-9-19(10-7-14)13(21)15(16,17)12-5-3-4-8-18-12/h3-5,8,20H,2,6-7,9-11H2,1H3. The molecule has 1 fully saturated rings. The van der Waals surface area contributed by atoms with Crippen molar-refractivity contribution in [2.75, 3.05) is 19.7 Å². The van der Waals surface area contributed by atoms with Crippen LogP contribution < -0.4 is 0 Å². The van der Waals surface area contributed by atoms with Crippen LogP contribution in [0, 0.1) is 5.41 Å². The van der Waals surface area contributed by atoms with Crippen LogP contribution in [0.2, 0.25) is 0 Å². The smallest absolute Gasteiger partial charge is 0.366 e. The van der Waals surface area contributed by atoms with Crippen molar-refractivity contribution in [3.8, 4) is 0 Å². The predicted octanol–water partition coefficient (Wildman–Crippen LogP) is 2.18. The van der Waals surface area contributed by atoms with Crippen LogP contribution in [-0.4, -0.2) is 40.6 Å². The van der Waals surface area contributed by atoms with E-state index in [-0.39, 0.29) is 25.1 Å². The van der Waals surface area contributed by atoms with E-state index in [9.17, 15) is 18.7 Å². The molecule has 116 valence electrons. The number of aliphatic hydroxyl groups is 1. The van der Waals surface area contributed by atoms with Gasteiger partial charge in [-0.3, -0.25) is 9.78 Å². The van der Waals surface area contributed by atoms with Gasteiger partial charge in [-0.05, 0) is 36.8 Å². The second kappa shape index (κ2) is 6.05. The molecule has 1 aliphatic heterocycles. The molecule has 0 aliphatic carbocycles. The van der Waals surface area contributed by atoms with E-state index in [2.05, 4.69) is 4.98 Å². The van der Waals surface area contributed by atoms with Gasteiger partial charge in [0.2, 0.25) is 0 Å². The van der Waals surface area contributed by atoms with Gasteiger partial charge in [-0.15, -0.1) is 0 Å². The number of halogens is 2. The molecule has 1 aliphatic rings. The molecule has 1 aromatic rings. The summed E-state index contributed by atoms with van der Waals surface area (Å²) in [5, 5.41) is 9.44. The first-order valence-electron chi connectivity index (χ1n) is 7.15. The van der Waals surface area contributed by atoms with Gasteiger partial charge in [-0.1, -0.05) is 13.0 Å². The van der Waals surface area contributed by atoms with Crippen LogP contribution in [0.1, 0.15) is 31.9 Å². The molecular formula is C15H20F2N2O2. The summed E-state index contributed by atoms with van der Waals surface area (Å²) in [7, 11) is 0. The number of carbonyl (C=O) groups excluding carboxylic acids is 1. The number of carbonyl (C=O) groups is 1. The lowest BCUT2D eigenvalue weighted by molar-refractivity contribution is -0.162. The van der Waals surface area contributed by atoms with Gasteiger partial charge in [0.15, 0.2) is 0 Å². The molecule has 6 heteroatoms. The van der Waals surface area contributed by atoms with Crippen LogP contribution in [0.3, 0.4) is 0 Å². The highest BCUT2D eigenvalue weighted by atomic mass is 19.3. The Morgan fingerprint density at radius 1 is 1.43 bits per heavy atom. The minimum atomic E-state index is -3.60. The molecule has 0 saturated carbocycles. The Morgan fingerprint density at radius 3 is 2.57 bits per heavy atom. The maximum Gasteiger partial charge on any atom is 0.366 e. The average Bonchev–Trinajstić information content (AvgIpc) is 2.55. The topological polar surface area (TPSA) is 53.4 Å². The molecule has 0 bridgehead atoms. The minimum Gasteiger partial charge on any atom is -0.396 e. The Bertz CT molecular complexity index is 480. The van der Waals surface area contributed by atoms with Gasteiger partial charge < -0.3 is 10.0 Å². The first kappa shape index (κ1) is 15.8. The molecule has 2 heterocycles.